The summed E-state index contributed by atoms with van der Waals surface area (Å²) in [6.45, 7) is 14.0. The Bertz CT molecular complexity index is 464. The lowest BCUT2D eigenvalue weighted by molar-refractivity contribution is -0.176. The highest BCUT2D eigenvalue weighted by Crippen LogP contribution is 2.50. The molecule has 24 heavy (non-hydrogen) atoms. The van der Waals surface area contributed by atoms with Crippen molar-refractivity contribution in [2.24, 2.45) is 16.6 Å². The summed E-state index contributed by atoms with van der Waals surface area (Å²) in [6.07, 6.45) is 3.95. The predicted octanol–water partition coefficient (Wildman–Crippen LogP) is 2.62. The minimum atomic E-state index is -0.850. The van der Waals surface area contributed by atoms with Crippen LogP contribution >= 0.6 is 0 Å². The first-order chi connectivity index (χ1) is 11.1. The molecule has 2 aliphatic carbocycles. The Labute approximate surface area is 147 Å². The molecule has 3 N–H and O–H groups in total. The highest BCUT2D eigenvalue weighted by Gasteiger charge is 2.64. The molecule has 2 saturated carbocycles. The number of unbranched alkanes of at least 4 members (excludes halogenated alkanes) is 1. The van der Waals surface area contributed by atoms with Gasteiger partial charge in [-0.3, -0.25) is 4.79 Å². The zero-order valence-corrected chi connectivity index (χ0v) is 16.3. The first-order valence-corrected chi connectivity index (χ1v) is 9.44. The van der Waals surface area contributed by atoms with Gasteiger partial charge < -0.3 is 20.5 Å². The summed E-state index contributed by atoms with van der Waals surface area (Å²) >= 11 is 0. The van der Waals surface area contributed by atoms with Crippen molar-refractivity contribution in [1.29, 1.82) is 0 Å². The maximum atomic E-state index is 12.8. The second kappa shape index (κ2) is 6.93. The van der Waals surface area contributed by atoms with Crippen molar-refractivity contribution < 1.29 is 14.3 Å². The lowest BCUT2D eigenvalue weighted by Gasteiger charge is -2.59. The van der Waals surface area contributed by atoms with E-state index in [0.717, 1.165) is 25.9 Å². The van der Waals surface area contributed by atoms with Crippen molar-refractivity contribution in [3.05, 3.63) is 0 Å². The Hall–Kier alpha value is -0.650. The van der Waals surface area contributed by atoms with E-state index in [2.05, 4.69) is 26.1 Å². The first kappa shape index (κ1) is 19.7. The van der Waals surface area contributed by atoms with E-state index in [1.54, 1.807) is 0 Å². The summed E-state index contributed by atoms with van der Waals surface area (Å²) < 4.78 is 11.7. The number of carbonyl (C=O) groups excluding carboxylic acids is 1. The quantitative estimate of drug-likeness (QED) is 0.666. The number of hydrogen-bond donors (Lipinski definition) is 2. The number of carbonyl (C=O) groups is 1. The fourth-order valence-electron chi connectivity index (χ4n) is 3.89. The maximum Gasteiger partial charge on any atom is 0.241 e. The summed E-state index contributed by atoms with van der Waals surface area (Å²) in [4.78, 5) is 12.8. The third-order valence-electron chi connectivity index (χ3n) is 6.54. The largest absolute Gasteiger partial charge is 0.378 e. The van der Waals surface area contributed by atoms with Gasteiger partial charge in [-0.05, 0) is 19.8 Å². The molecule has 5 heteroatoms. The molecule has 0 radical (unpaired) electrons. The van der Waals surface area contributed by atoms with Crippen molar-refractivity contribution in [3.8, 4) is 0 Å². The van der Waals surface area contributed by atoms with Gasteiger partial charge in [-0.15, -0.1) is 0 Å². The van der Waals surface area contributed by atoms with Gasteiger partial charge in [0.05, 0.1) is 12.2 Å². The van der Waals surface area contributed by atoms with E-state index < -0.39 is 5.54 Å². The molecular weight excluding hydrogens is 304 g/mol. The van der Waals surface area contributed by atoms with E-state index >= 15 is 0 Å². The minimum absolute atomic E-state index is 0.0477. The second-order valence-electron chi connectivity index (χ2n) is 8.64. The molecule has 0 aromatic heterocycles. The number of nitrogens with two attached hydrogens (primary N) is 1. The van der Waals surface area contributed by atoms with E-state index in [9.17, 15) is 4.79 Å². The van der Waals surface area contributed by atoms with Gasteiger partial charge >= 0.3 is 0 Å². The molecule has 1 amide bonds. The average Bonchev–Trinajstić information content (AvgIpc) is 2.52. The average molecular weight is 341 g/mol. The van der Waals surface area contributed by atoms with Gasteiger partial charge in [0.2, 0.25) is 5.91 Å². The van der Waals surface area contributed by atoms with Crippen LogP contribution in [0.25, 0.3) is 0 Å². The van der Waals surface area contributed by atoms with Gasteiger partial charge in [-0.2, -0.15) is 0 Å². The summed E-state index contributed by atoms with van der Waals surface area (Å²) in [7, 11) is 0. The van der Waals surface area contributed by atoms with Crippen LogP contribution in [0.2, 0.25) is 0 Å². The molecular formula is C19H36N2O3. The van der Waals surface area contributed by atoms with Gasteiger partial charge in [0, 0.05) is 36.5 Å². The van der Waals surface area contributed by atoms with Crippen LogP contribution in [0.3, 0.4) is 0 Å². The van der Waals surface area contributed by atoms with E-state index in [0.29, 0.717) is 13.0 Å². The van der Waals surface area contributed by atoms with Crippen molar-refractivity contribution in [3.63, 3.8) is 0 Å². The molecule has 0 saturated heterocycles. The lowest BCUT2D eigenvalue weighted by atomic mass is 9.54. The summed E-state index contributed by atoms with van der Waals surface area (Å²) in [6, 6.07) is 0.124. The molecule has 4 unspecified atom stereocenters. The fraction of sp³-hybridized carbons (Fsp3) is 0.947. The van der Waals surface area contributed by atoms with Crippen LogP contribution in [-0.4, -0.2) is 42.9 Å². The van der Waals surface area contributed by atoms with Crippen LogP contribution in [0, 0.1) is 10.8 Å². The zero-order chi connectivity index (χ0) is 18.2. The van der Waals surface area contributed by atoms with Gasteiger partial charge in [-0.1, -0.05) is 41.0 Å². The Morgan fingerprint density at radius 3 is 2.33 bits per heavy atom. The second-order valence-corrected chi connectivity index (χ2v) is 8.64. The third kappa shape index (κ3) is 3.11. The van der Waals surface area contributed by atoms with E-state index in [4.69, 9.17) is 15.2 Å². The molecule has 4 atom stereocenters. The van der Waals surface area contributed by atoms with Crippen LogP contribution in [0.4, 0.5) is 0 Å². The monoisotopic (exact) mass is 340 g/mol. The Kier molecular flexibility index (Phi) is 5.68. The molecule has 5 nitrogen and oxygen atoms in total. The van der Waals surface area contributed by atoms with Crippen LogP contribution in [0.1, 0.15) is 67.2 Å². The molecule has 0 aromatic rings. The Morgan fingerprint density at radius 2 is 1.83 bits per heavy atom. The smallest absolute Gasteiger partial charge is 0.241 e. The van der Waals surface area contributed by atoms with Gasteiger partial charge in [-0.25, -0.2) is 0 Å². The first-order valence-electron chi connectivity index (χ1n) is 9.44. The summed E-state index contributed by atoms with van der Waals surface area (Å²) in [5, 5.41) is 3.19. The topological polar surface area (TPSA) is 73.6 Å². The standard InChI is InChI=1S/C19H36N2O3/c1-7-9-10-24-14-11-13(17(14,3)4)21-16(22)19(20)12-15(23-8-2)18(19,5)6/h13-15H,7-12,20H2,1-6H3,(H,21,22). The van der Waals surface area contributed by atoms with Crippen molar-refractivity contribution >= 4 is 5.91 Å². The van der Waals surface area contributed by atoms with E-state index in [-0.39, 0.29) is 35.0 Å². The molecule has 2 aliphatic rings. The van der Waals surface area contributed by atoms with Crippen LogP contribution < -0.4 is 11.1 Å². The molecule has 0 spiro atoms. The fourth-order valence-corrected chi connectivity index (χ4v) is 3.89. The molecule has 2 fully saturated rings. The number of hydrogen-bond acceptors (Lipinski definition) is 4. The Balaban J connectivity index is 1.90. The van der Waals surface area contributed by atoms with Crippen molar-refractivity contribution in [2.45, 2.75) is 91.0 Å². The number of nitrogens with one attached hydrogen (secondary N) is 1. The minimum Gasteiger partial charge on any atom is -0.378 e. The van der Waals surface area contributed by atoms with E-state index in [1.807, 2.05) is 20.8 Å². The van der Waals surface area contributed by atoms with Crippen LogP contribution in [0.5, 0.6) is 0 Å². The highest BCUT2D eigenvalue weighted by molar-refractivity contribution is 5.89. The third-order valence-corrected chi connectivity index (χ3v) is 6.54. The maximum absolute atomic E-state index is 12.8. The zero-order valence-electron chi connectivity index (χ0n) is 16.3. The van der Waals surface area contributed by atoms with Gasteiger partial charge in [0.1, 0.15) is 5.54 Å². The normalized spacial score (nSPS) is 36.5. The predicted molar refractivity (Wildman–Crippen MR) is 95.7 cm³/mol. The summed E-state index contributed by atoms with van der Waals surface area (Å²) in [5.41, 5.74) is 5.22. The number of ether oxygens (including phenoxy) is 2. The van der Waals surface area contributed by atoms with Crippen LogP contribution in [0.15, 0.2) is 0 Å². The molecule has 0 heterocycles. The molecule has 2 rings (SSSR count). The van der Waals surface area contributed by atoms with Crippen molar-refractivity contribution in [1.82, 2.24) is 5.32 Å². The van der Waals surface area contributed by atoms with Crippen LogP contribution in [-0.2, 0) is 14.3 Å². The molecule has 0 aromatic carbocycles. The van der Waals surface area contributed by atoms with Gasteiger partial charge in [0.15, 0.2) is 0 Å². The summed E-state index contributed by atoms with van der Waals surface area (Å²) in [5.74, 6) is -0.0477. The molecule has 140 valence electrons. The molecule has 0 aliphatic heterocycles. The Morgan fingerprint density at radius 1 is 1.17 bits per heavy atom. The SMILES string of the molecule is CCCCOC1CC(NC(=O)C2(N)CC(OCC)C2(C)C)C1(C)C. The highest BCUT2D eigenvalue weighted by atomic mass is 16.5. The lowest BCUT2D eigenvalue weighted by Crippen LogP contribution is -2.77. The van der Waals surface area contributed by atoms with E-state index in [1.165, 1.54) is 0 Å². The van der Waals surface area contributed by atoms with Crippen molar-refractivity contribution in [2.75, 3.05) is 13.2 Å². The van der Waals surface area contributed by atoms with Gasteiger partial charge in [0.25, 0.3) is 0 Å². The number of amides is 1. The molecule has 0 bridgehead atoms. The number of rotatable bonds is 8.